The number of nitrogens with one attached hydrogen (secondary N) is 1. The van der Waals surface area contributed by atoms with Crippen molar-refractivity contribution in [2.75, 3.05) is 13.1 Å². The standard InChI is InChI=1S/C16H15N3OS.ClH/c1-2-14(21-9-1)15-18-16(20-19-15)13-4-3-11-5-7-17-8-6-12(11)10-13;/h1-4,9-10,17H,5-8H2;1H. The second-order valence-electron chi connectivity index (χ2n) is 5.13. The van der Waals surface area contributed by atoms with Crippen molar-refractivity contribution < 1.29 is 4.52 Å². The highest BCUT2D eigenvalue weighted by Gasteiger charge is 2.14. The number of thiophene rings is 1. The van der Waals surface area contributed by atoms with Gasteiger partial charge < -0.3 is 9.84 Å². The topological polar surface area (TPSA) is 51.0 Å². The van der Waals surface area contributed by atoms with Gasteiger partial charge in [0.05, 0.1) is 4.88 Å². The predicted molar refractivity (Wildman–Crippen MR) is 90.6 cm³/mol. The normalized spacial score (nSPS) is 14.0. The minimum absolute atomic E-state index is 0. The van der Waals surface area contributed by atoms with E-state index in [1.54, 1.807) is 11.3 Å². The first-order chi connectivity index (χ1) is 10.4. The molecule has 4 rings (SSSR count). The van der Waals surface area contributed by atoms with Crippen molar-refractivity contribution in [2.24, 2.45) is 0 Å². The van der Waals surface area contributed by atoms with Gasteiger partial charge in [-0.15, -0.1) is 23.7 Å². The first-order valence-electron chi connectivity index (χ1n) is 7.10. The van der Waals surface area contributed by atoms with E-state index in [-0.39, 0.29) is 12.4 Å². The maximum Gasteiger partial charge on any atom is 0.258 e. The third kappa shape index (κ3) is 2.92. The van der Waals surface area contributed by atoms with Gasteiger partial charge in [0, 0.05) is 5.56 Å². The van der Waals surface area contributed by atoms with E-state index in [4.69, 9.17) is 4.52 Å². The van der Waals surface area contributed by atoms with Gasteiger partial charge in [-0.2, -0.15) is 4.98 Å². The smallest absolute Gasteiger partial charge is 0.258 e. The maximum atomic E-state index is 5.43. The maximum absolute atomic E-state index is 5.43. The van der Waals surface area contributed by atoms with Gasteiger partial charge in [0.15, 0.2) is 0 Å². The van der Waals surface area contributed by atoms with E-state index in [0.29, 0.717) is 11.7 Å². The minimum atomic E-state index is 0. The minimum Gasteiger partial charge on any atom is -0.334 e. The second kappa shape index (κ2) is 6.60. The Morgan fingerprint density at radius 1 is 1.09 bits per heavy atom. The number of nitrogens with zero attached hydrogens (tertiary/aromatic N) is 2. The first kappa shape index (κ1) is 15.2. The van der Waals surface area contributed by atoms with E-state index >= 15 is 0 Å². The molecule has 1 N–H and O–H groups in total. The molecule has 6 heteroatoms. The van der Waals surface area contributed by atoms with Crippen molar-refractivity contribution in [3.63, 3.8) is 0 Å². The lowest BCUT2D eigenvalue weighted by Crippen LogP contribution is -2.16. The van der Waals surface area contributed by atoms with Crippen LogP contribution in [0.5, 0.6) is 0 Å². The van der Waals surface area contributed by atoms with Crippen LogP contribution in [0.2, 0.25) is 0 Å². The van der Waals surface area contributed by atoms with Crippen LogP contribution in [0.15, 0.2) is 40.2 Å². The van der Waals surface area contributed by atoms with Gasteiger partial charge in [-0.05, 0) is 60.6 Å². The zero-order valence-corrected chi connectivity index (χ0v) is 13.5. The Hall–Kier alpha value is -1.69. The van der Waals surface area contributed by atoms with E-state index < -0.39 is 0 Å². The molecule has 3 aromatic rings. The third-order valence-corrected chi connectivity index (χ3v) is 4.63. The highest BCUT2D eigenvalue weighted by Crippen LogP contribution is 2.27. The van der Waals surface area contributed by atoms with Crippen LogP contribution in [0.3, 0.4) is 0 Å². The molecule has 0 saturated heterocycles. The van der Waals surface area contributed by atoms with Crippen molar-refractivity contribution >= 4 is 23.7 Å². The molecular formula is C16H16ClN3OS. The molecule has 4 nitrogen and oxygen atoms in total. The molecule has 0 fully saturated rings. The summed E-state index contributed by atoms with van der Waals surface area (Å²) in [6.07, 6.45) is 2.13. The van der Waals surface area contributed by atoms with Crippen molar-refractivity contribution in [2.45, 2.75) is 12.8 Å². The quantitative estimate of drug-likeness (QED) is 0.779. The molecular weight excluding hydrogens is 318 g/mol. The second-order valence-corrected chi connectivity index (χ2v) is 6.08. The monoisotopic (exact) mass is 333 g/mol. The molecule has 1 aromatic carbocycles. The molecule has 114 valence electrons. The Labute approximate surface area is 139 Å². The molecule has 0 spiro atoms. The summed E-state index contributed by atoms with van der Waals surface area (Å²) in [5, 5.41) is 9.52. The average Bonchev–Trinajstić information content (AvgIpc) is 3.14. The number of benzene rings is 1. The van der Waals surface area contributed by atoms with Crippen LogP contribution in [0.1, 0.15) is 11.1 Å². The zero-order chi connectivity index (χ0) is 14.1. The van der Waals surface area contributed by atoms with Crippen LogP contribution in [0.4, 0.5) is 0 Å². The molecule has 1 aliphatic rings. The molecule has 1 aliphatic heterocycles. The summed E-state index contributed by atoms with van der Waals surface area (Å²) in [5.41, 5.74) is 3.81. The number of fused-ring (bicyclic) bond motifs is 1. The SMILES string of the molecule is Cl.c1csc(-c2noc(-c3ccc4c(c3)CCNCC4)n2)c1. The molecule has 0 bridgehead atoms. The highest BCUT2D eigenvalue weighted by atomic mass is 35.5. The van der Waals surface area contributed by atoms with E-state index in [2.05, 4.69) is 33.7 Å². The van der Waals surface area contributed by atoms with Gasteiger partial charge in [-0.1, -0.05) is 17.3 Å². The lowest BCUT2D eigenvalue weighted by molar-refractivity contribution is 0.432. The summed E-state index contributed by atoms with van der Waals surface area (Å²) in [6, 6.07) is 10.4. The van der Waals surface area contributed by atoms with Crippen LogP contribution < -0.4 is 5.32 Å². The fourth-order valence-electron chi connectivity index (χ4n) is 2.65. The Morgan fingerprint density at radius 2 is 1.95 bits per heavy atom. The molecule has 0 radical (unpaired) electrons. The average molecular weight is 334 g/mol. The van der Waals surface area contributed by atoms with E-state index in [9.17, 15) is 0 Å². The summed E-state index contributed by atoms with van der Waals surface area (Å²) in [5.74, 6) is 1.26. The highest BCUT2D eigenvalue weighted by molar-refractivity contribution is 7.13. The van der Waals surface area contributed by atoms with Crippen LogP contribution in [-0.4, -0.2) is 23.2 Å². The van der Waals surface area contributed by atoms with Crippen LogP contribution >= 0.6 is 23.7 Å². The largest absolute Gasteiger partial charge is 0.334 e. The van der Waals surface area contributed by atoms with E-state index in [1.807, 2.05) is 17.5 Å². The number of rotatable bonds is 2. The summed E-state index contributed by atoms with van der Waals surface area (Å²) in [4.78, 5) is 5.54. The Balaban J connectivity index is 0.00000144. The van der Waals surface area contributed by atoms with Gasteiger partial charge >= 0.3 is 0 Å². The molecule has 0 aliphatic carbocycles. The predicted octanol–water partition coefficient (Wildman–Crippen LogP) is 3.58. The Kier molecular flexibility index (Phi) is 4.57. The lowest BCUT2D eigenvalue weighted by atomic mass is 10.00. The Morgan fingerprint density at radius 3 is 2.77 bits per heavy atom. The summed E-state index contributed by atoms with van der Waals surface area (Å²) < 4.78 is 5.43. The first-order valence-corrected chi connectivity index (χ1v) is 7.98. The van der Waals surface area contributed by atoms with E-state index in [0.717, 1.165) is 36.4 Å². The zero-order valence-electron chi connectivity index (χ0n) is 11.9. The fourth-order valence-corrected chi connectivity index (χ4v) is 3.30. The summed E-state index contributed by atoms with van der Waals surface area (Å²) >= 11 is 1.62. The van der Waals surface area contributed by atoms with Crippen molar-refractivity contribution in [1.29, 1.82) is 0 Å². The molecule has 0 atom stereocenters. The fraction of sp³-hybridized carbons (Fsp3) is 0.250. The molecule has 0 unspecified atom stereocenters. The molecule has 3 heterocycles. The van der Waals surface area contributed by atoms with Gasteiger partial charge in [0.25, 0.3) is 5.89 Å². The van der Waals surface area contributed by atoms with Gasteiger partial charge in [-0.3, -0.25) is 0 Å². The lowest BCUT2D eigenvalue weighted by Gasteiger charge is -2.05. The molecule has 22 heavy (non-hydrogen) atoms. The number of aromatic nitrogens is 2. The Bertz CT molecular complexity index is 755. The van der Waals surface area contributed by atoms with Gasteiger partial charge in [0.2, 0.25) is 5.82 Å². The molecule has 0 amide bonds. The molecule has 0 saturated carbocycles. The van der Waals surface area contributed by atoms with Crippen molar-refractivity contribution in [1.82, 2.24) is 15.5 Å². The van der Waals surface area contributed by atoms with Gasteiger partial charge in [-0.25, -0.2) is 0 Å². The third-order valence-electron chi connectivity index (χ3n) is 3.76. The number of hydrogen-bond donors (Lipinski definition) is 1. The molecule has 2 aromatic heterocycles. The van der Waals surface area contributed by atoms with Crippen molar-refractivity contribution in [3.05, 3.63) is 46.8 Å². The number of hydrogen-bond acceptors (Lipinski definition) is 5. The summed E-state index contributed by atoms with van der Waals surface area (Å²) in [7, 11) is 0. The number of halogens is 1. The van der Waals surface area contributed by atoms with Crippen LogP contribution in [0.25, 0.3) is 22.2 Å². The van der Waals surface area contributed by atoms with Gasteiger partial charge in [0.1, 0.15) is 0 Å². The van der Waals surface area contributed by atoms with Crippen molar-refractivity contribution in [3.8, 4) is 22.2 Å². The van der Waals surface area contributed by atoms with E-state index in [1.165, 1.54) is 11.1 Å². The van der Waals surface area contributed by atoms with Crippen LogP contribution in [-0.2, 0) is 12.8 Å². The van der Waals surface area contributed by atoms with Crippen LogP contribution in [0, 0.1) is 0 Å². The summed E-state index contributed by atoms with van der Waals surface area (Å²) in [6.45, 7) is 2.08.